The van der Waals surface area contributed by atoms with Crippen molar-refractivity contribution in [2.75, 3.05) is 19.8 Å². The molecule has 0 saturated carbocycles. The lowest BCUT2D eigenvalue weighted by atomic mass is 9.99. The van der Waals surface area contributed by atoms with Gasteiger partial charge in [-0.2, -0.15) is 0 Å². The number of carboxylic acid groups (broad SMARTS) is 1. The lowest BCUT2D eigenvalue weighted by molar-refractivity contribution is -0.141. The summed E-state index contributed by atoms with van der Waals surface area (Å²) in [5.74, 6) is -1.09. The van der Waals surface area contributed by atoms with Crippen LogP contribution in [0.3, 0.4) is 0 Å². The molecule has 0 fully saturated rings. The Morgan fingerprint density at radius 3 is 2.78 bits per heavy atom. The van der Waals surface area contributed by atoms with Gasteiger partial charge in [0.05, 0.1) is 30.6 Å². The molecule has 2 aromatic rings. The molecule has 0 aliphatic carbocycles. The van der Waals surface area contributed by atoms with Crippen molar-refractivity contribution in [2.45, 2.75) is 26.4 Å². The van der Waals surface area contributed by atoms with E-state index in [2.05, 4.69) is 5.32 Å². The van der Waals surface area contributed by atoms with Gasteiger partial charge in [-0.3, -0.25) is 9.59 Å². The molecule has 144 valence electrons. The predicted molar refractivity (Wildman–Crippen MR) is 102 cm³/mol. The molecular formula is C20H23NO5S. The minimum atomic E-state index is -0.928. The highest BCUT2D eigenvalue weighted by Gasteiger charge is 2.21. The SMILES string of the molecule is CCOc1ccc(CC(CNC(=O)c2cc3c(s2)CCOC3)C(=O)O)cc1. The van der Waals surface area contributed by atoms with Crippen molar-refractivity contribution in [2.24, 2.45) is 5.92 Å². The van der Waals surface area contributed by atoms with Crippen LogP contribution in [0.5, 0.6) is 5.75 Å². The second kappa shape index (κ2) is 9.01. The van der Waals surface area contributed by atoms with Gasteiger partial charge in [0, 0.05) is 17.8 Å². The number of fused-ring (bicyclic) bond motifs is 1. The van der Waals surface area contributed by atoms with Crippen LogP contribution < -0.4 is 10.1 Å². The van der Waals surface area contributed by atoms with E-state index in [-0.39, 0.29) is 12.5 Å². The van der Waals surface area contributed by atoms with Crippen LogP contribution in [0.1, 0.15) is 32.6 Å². The van der Waals surface area contributed by atoms with Crippen molar-refractivity contribution < 1.29 is 24.2 Å². The number of carbonyl (C=O) groups excluding carboxylic acids is 1. The summed E-state index contributed by atoms with van der Waals surface area (Å²) in [5.41, 5.74) is 1.95. The highest BCUT2D eigenvalue weighted by molar-refractivity contribution is 7.14. The molecule has 1 aromatic carbocycles. The minimum Gasteiger partial charge on any atom is -0.494 e. The van der Waals surface area contributed by atoms with Crippen LogP contribution in [0, 0.1) is 5.92 Å². The zero-order valence-corrected chi connectivity index (χ0v) is 16.0. The molecule has 2 heterocycles. The predicted octanol–water partition coefficient (Wildman–Crippen LogP) is 2.89. The van der Waals surface area contributed by atoms with Gasteiger partial charge >= 0.3 is 5.97 Å². The maximum absolute atomic E-state index is 12.4. The van der Waals surface area contributed by atoms with E-state index in [9.17, 15) is 14.7 Å². The monoisotopic (exact) mass is 389 g/mol. The van der Waals surface area contributed by atoms with Crippen LogP contribution in [-0.4, -0.2) is 36.7 Å². The number of rotatable bonds is 8. The highest BCUT2D eigenvalue weighted by atomic mass is 32.1. The number of thiophene rings is 1. The molecule has 1 amide bonds. The normalized spacial score (nSPS) is 14.3. The largest absolute Gasteiger partial charge is 0.494 e. The summed E-state index contributed by atoms with van der Waals surface area (Å²) in [6.07, 6.45) is 1.17. The Morgan fingerprint density at radius 1 is 1.33 bits per heavy atom. The Morgan fingerprint density at radius 2 is 2.11 bits per heavy atom. The van der Waals surface area contributed by atoms with Crippen LogP contribution in [-0.2, 0) is 29.0 Å². The molecular weight excluding hydrogens is 366 g/mol. The number of carbonyl (C=O) groups is 2. The number of amides is 1. The molecule has 0 saturated heterocycles. The molecule has 0 bridgehead atoms. The Bertz CT molecular complexity index is 776. The lowest BCUT2D eigenvalue weighted by Gasteiger charge is -2.13. The van der Waals surface area contributed by atoms with E-state index in [0.29, 0.717) is 31.1 Å². The molecule has 27 heavy (non-hydrogen) atoms. The van der Waals surface area contributed by atoms with Gasteiger partial charge in [0.15, 0.2) is 0 Å². The molecule has 6 nitrogen and oxygen atoms in total. The van der Waals surface area contributed by atoms with E-state index in [1.54, 1.807) is 0 Å². The van der Waals surface area contributed by atoms with Gasteiger partial charge < -0.3 is 19.9 Å². The fraction of sp³-hybridized carbons (Fsp3) is 0.400. The Hall–Kier alpha value is -2.38. The molecule has 2 N–H and O–H groups in total. The maximum atomic E-state index is 12.4. The second-order valence-corrected chi connectivity index (χ2v) is 7.52. The fourth-order valence-corrected chi connectivity index (χ4v) is 4.05. The number of nitrogens with one attached hydrogen (secondary N) is 1. The topological polar surface area (TPSA) is 84.9 Å². The Balaban J connectivity index is 1.58. The fourth-order valence-electron chi connectivity index (χ4n) is 2.98. The van der Waals surface area contributed by atoms with E-state index in [4.69, 9.17) is 9.47 Å². The second-order valence-electron chi connectivity index (χ2n) is 6.39. The van der Waals surface area contributed by atoms with Gasteiger partial charge in [-0.1, -0.05) is 12.1 Å². The van der Waals surface area contributed by atoms with Crippen molar-refractivity contribution >= 4 is 23.2 Å². The lowest BCUT2D eigenvalue weighted by Crippen LogP contribution is -2.33. The smallest absolute Gasteiger partial charge is 0.308 e. The molecule has 7 heteroatoms. The van der Waals surface area contributed by atoms with E-state index in [1.807, 2.05) is 37.3 Å². The van der Waals surface area contributed by atoms with Gasteiger partial charge in [-0.15, -0.1) is 11.3 Å². The van der Waals surface area contributed by atoms with Gasteiger partial charge in [-0.25, -0.2) is 0 Å². The van der Waals surface area contributed by atoms with Crippen LogP contribution in [0.15, 0.2) is 30.3 Å². The quantitative estimate of drug-likeness (QED) is 0.725. The van der Waals surface area contributed by atoms with Crippen molar-refractivity contribution in [3.05, 3.63) is 51.2 Å². The summed E-state index contributed by atoms with van der Waals surface area (Å²) in [5, 5.41) is 12.3. The zero-order valence-electron chi connectivity index (χ0n) is 15.2. The maximum Gasteiger partial charge on any atom is 0.308 e. The third-order valence-corrected chi connectivity index (χ3v) is 5.66. The van der Waals surface area contributed by atoms with Gasteiger partial charge in [0.25, 0.3) is 5.91 Å². The summed E-state index contributed by atoms with van der Waals surface area (Å²) < 4.78 is 10.8. The Labute approximate surface area is 162 Å². The number of ether oxygens (including phenoxy) is 2. The average Bonchev–Trinajstić information content (AvgIpc) is 3.10. The van der Waals surface area contributed by atoms with Crippen LogP contribution in [0.4, 0.5) is 0 Å². The van der Waals surface area contributed by atoms with Crippen molar-refractivity contribution in [1.82, 2.24) is 5.32 Å². The highest BCUT2D eigenvalue weighted by Crippen LogP contribution is 2.27. The molecule has 1 aliphatic heterocycles. The van der Waals surface area contributed by atoms with Crippen molar-refractivity contribution in [3.63, 3.8) is 0 Å². The third kappa shape index (κ3) is 5.08. The first-order chi connectivity index (χ1) is 13.1. The average molecular weight is 389 g/mol. The standard InChI is InChI=1S/C20H23NO5S/c1-2-26-16-5-3-13(4-6-16)9-14(20(23)24)11-21-19(22)18-10-15-12-25-8-7-17(15)27-18/h3-6,10,14H,2,7-9,11-12H2,1H3,(H,21,22)(H,23,24). The zero-order chi connectivity index (χ0) is 19.2. The summed E-state index contributed by atoms with van der Waals surface area (Å²) in [6.45, 7) is 3.79. The molecule has 1 aliphatic rings. The van der Waals surface area contributed by atoms with Crippen molar-refractivity contribution in [3.8, 4) is 5.75 Å². The number of carboxylic acids is 1. The molecule has 1 unspecified atom stereocenters. The molecule has 3 rings (SSSR count). The summed E-state index contributed by atoms with van der Waals surface area (Å²) in [4.78, 5) is 25.8. The molecule has 1 atom stereocenters. The van der Waals surface area contributed by atoms with E-state index < -0.39 is 11.9 Å². The summed E-state index contributed by atoms with van der Waals surface area (Å²) in [6, 6.07) is 9.21. The first-order valence-electron chi connectivity index (χ1n) is 8.99. The molecule has 0 spiro atoms. The minimum absolute atomic E-state index is 0.0838. The van der Waals surface area contributed by atoms with Gasteiger partial charge in [0.2, 0.25) is 0 Å². The number of hydrogen-bond donors (Lipinski definition) is 2. The van der Waals surface area contributed by atoms with Gasteiger partial charge in [0.1, 0.15) is 5.75 Å². The first-order valence-corrected chi connectivity index (χ1v) is 9.80. The number of benzene rings is 1. The van der Waals surface area contributed by atoms with E-state index in [0.717, 1.165) is 23.3 Å². The summed E-state index contributed by atoms with van der Waals surface area (Å²) >= 11 is 1.46. The molecule has 0 radical (unpaired) electrons. The van der Waals surface area contributed by atoms with E-state index >= 15 is 0 Å². The van der Waals surface area contributed by atoms with Crippen molar-refractivity contribution in [1.29, 1.82) is 0 Å². The first kappa shape index (κ1) is 19.4. The number of hydrogen-bond acceptors (Lipinski definition) is 5. The number of aliphatic carboxylic acids is 1. The van der Waals surface area contributed by atoms with Gasteiger partial charge in [-0.05, 0) is 42.7 Å². The van der Waals surface area contributed by atoms with Crippen LogP contribution in [0.25, 0.3) is 0 Å². The van der Waals surface area contributed by atoms with E-state index in [1.165, 1.54) is 16.2 Å². The van der Waals surface area contributed by atoms with Crippen LogP contribution >= 0.6 is 11.3 Å². The summed E-state index contributed by atoms with van der Waals surface area (Å²) in [7, 11) is 0. The third-order valence-electron chi connectivity index (χ3n) is 4.43. The van der Waals surface area contributed by atoms with Crippen LogP contribution in [0.2, 0.25) is 0 Å². The Kier molecular flexibility index (Phi) is 6.47. The molecule has 1 aromatic heterocycles.